The Bertz CT molecular complexity index is 1370. The number of nitrogens with zero attached hydrogens (tertiary/aromatic N) is 7. The molecule has 0 atom stereocenters. The maximum Gasteiger partial charge on any atom is 0.490 e. The minimum atomic E-state index is -5.08. The molecule has 3 aliphatic rings. The first-order valence-corrected chi connectivity index (χ1v) is 16.3. The summed E-state index contributed by atoms with van der Waals surface area (Å²) in [5.74, 6) is -2.31. The average Bonchev–Trinajstić information content (AvgIpc) is 3.05. The Morgan fingerprint density at radius 2 is 1.74 bits per heavy atom. The molecule has 0 unspecified atom stereocenters. The second kappa shape index (κ2) is 16.5. The molecule has 1 saturated carbocycles. The van der Waals surface area contributed by atoms with Gasteiger partial charge < -0.3 is 10.0 Å². The van der Waals surface area contributed by atoms with Crippen LogP contribution in [-0.4, -0.2) is 106 Å². The summed E-state index contributed by atoms with van der Waals surface area (Å²) in [6.07, 6.45) is 4.23. The molecule has 2 saturated heterocycles. The number of carbonyl (C=O) groups excluding carboxylic acids is 1. The predicted octanol–water partition coefficient (Wildman–Crippen LogP) is 4.44. The number of aromatic nitrogens is 2. The topological polar surface area (TPSA) is 129 Å². The van der Waals surface area contributed by atoms with E-state index in [0.29, 0.717) is 21.9 Å². The Hall–Kier alpha value is -3.32. The van der Waals surface area contributed by atoms with Crippen LogP contribution in [0, 0.1) is 11.3 Å². The SMILES string of the molecule is CN1CCN(C2CCN(Cc3cccc(C(=O)NN(c4nc(C#N)ncc4Br)C4CCCCC4)c3)CC2)CC1.O=C(O)C(F)(F)F. The van der Waals surface area contributed by atoms with Crippen molar-refractivity contribution in [3.63, 3.8) is 0 Å². The molecule has 11 nitrogen and oxygen atoms in total. The van der Waals surface area contributed by atoms with Gasteiger partial charge in [0.1, 0.15) is 6.07 Å². The maximum absolute atomic E-state index is 13.5. The maximum atomic E-state index is 13.5. The van der Waals surface area contributed by atoms with Crippen LogP contribution in [0.4, 0.5) is 19.0 Å². The summed E-state index contributed by atoms with van der Waals surface area (Å²) in [6.45, 7) is 7.73. The van der Waals surface area contributed by atoms with Gasteiger partial charge in [0.15, 0.2) is 5.82 Å². The van der Waals surface area contributed by atoms with Gasteiger partial charge in [-0.1, -0.05) is 31.4 Å². The second-order valence-corrected chi connectivity index (χ2v) is 12.8. The van der Waals surface area contributed by atoms with Gasteiger partial charge >= 0.3 is 12.1 Å². The Morgan fingerprint density at radius 3 is 2.35 bits per heavy atom. The van der Waals surface area contributed by atoms with Crippen molar-refractivity contribution in [3.8, 4) is 6.07 Å². The number of carboxylic acids is 1. The zero-order chi connectivity index (χ0) is 33.3. The second-order valence-electron chi connectivity index (χ2n) is 11.9. The molecule has 5 rings (SSSR count). The largest absolute Gasteiger partial charge is 0.490 e. The molecule has 0 radical (unpaired) electrons. The van der Waals surface area contributed by atoms with Gasteiger partial charge in [0.25, 0.3) is 5.91 Å². The van der Waals surface area contributed by atoms with Crippen molar-refractivity contribution in [2.24, 2.45) is 0 Å². The van der Waals surface area contributed by atoms with Crippen molar-refractivity contribution in [1.29, 1.82) is 5.26 Å². The lowest BCUT2D eigenvalue weighted by Crippen LogP contribution is -2.52. The first-order valence-electron chi connectivity index (χ1n) is 15.5. The van der Waals surface area contributed by atoms with Gasteiger partial charge in [0, 0.05) is 50.5 Å². The lowest BCUT2D eigenvalue weighted by atomic mass is 9.95. The normalized spacial score (nSPS) is 19.0. The first kappa shape index (κ1) is 35.5. The molecule has 0 spiro atoms. The Morgan fingerprint density at radius 1 is 1.09 bits per heavy atom. The van der Waals surface area contributed by atoms with E-state index >= 15 is 0 Å². The lowest BCUT2D eigenvalue weighted by molar-refractivity contribution is -0.192. The standard InChI is InChI=1S/C29H39BrN8O.C2HF3O2/c1-35-14-16-37(17-15-35)24-10-12-36(13-11-24)21-22-6-5-7-23(18-22)29(39)34-38(25-8-3-2-4-9-25)28-26(30)20-32-27(19-31)33-28;3-2(4,5)1(6)7/h5-7,18,20,24-25H,2-4,8-17,21H2,1H3,(H,34,39);(H,6,7). The third kappa shape index (κ3) is 10.1. The van der Waals surface area contributed by atoms with Gasteiger partial charge in [-0.3, -0.25) is 25.0 Å². The molecule has 1 aliphatic carbocycles. The van der Waals surface area contributed by atoms with Crippen LogP contribution in [0.25, 0.3) is 0 Å². The molecule has 1 amide bonds. The van der Waals surface area contributed by atoms with Crippen LogP contribution in [-0.2, 0) is 11.3 Å². The monoisotopic (exact) mass is 708 g/mol. The summed E-state index contributed by atoms with van der Waals surface area (Å²) in [7, 11) is 2.21. The number of nitriles is 1. The van der Waals surface area contributed by atoms with Crippen molar-refractivity contribution < 1.29 is 27.9 Å². The molecule has 1 aromatic carbocycles. The molecule has 3 heterocycles. The smallest absolute Gasteiger partial charge is 0.475 e. The van der Waals surface area contributed by atoms with E-state index in [4.69, 9.17) is 9.90 Å². The molecule has 0 bridgehead atoms. The number of carbonyl (C=O) groups is 2. The quantitative estimate of drug-likeness (QED) is 0.399. The number of aliphatic carboxylic acids is 1. The fraction of sp³-hybridized carbons (Fsp3) is 0.581. The molecule has 15 heteroatoms. The number of hydrazine groups is 1. The number of halogens is 4. The number of piperidine rings is 1. The zero-order valence-corrected chi connectivity index (χ0v) is 27.4. The number of piperazine rings is 1. The van der Waals surface area contributed by atoms with E-state index in [-0.39, 0.29) is 17.8 Å². The number of hydrogen-bond donors (Lipinski definition) is 2. The molecular formula is C31H40BrF3N8O3. The van der Waals surface area contributed by atoms with Crippen molar-refractivity contribution in [2.75, 3.05) is 51.3 Å². The van der Waals surface area contributed by atoms with Gasteiger partial charge in [-0.05, 0) is 79.4 Å². The van der Waals surface area contributed by atoms with Crippen molar-refractivity contribution in [3.05, 3.63) is 51.9 Å². The van der Waals surface area contributed by atoms with E-state index in [9.17, 15) is 23.2 Å². The van der Waals surface area contributed by atoms with E-state index < -0.39 is 12.1 Å². The number of amides is 1. The number of rotatable bonds is 7. The number of alkyl halides is 3. The number of anilines is 1. The van der Waals surface area contributed by atoms with E-state index in [1.54, 1.807) is 6.20 Å². The van der Waals surface area contributed by atoms with Crippen LogP contribution >= 0.6 is 15.9 Å². The zero-order valence-electron chi connectivity index (χ0n) is 25.8. The molecule has 2 N–H and O–H groups in total. The minimum Gasteiger partial charge on any atom is -0.475 e. The number of benzene rings is 1. The average molecular weight is 710 g/mol. The summed E-state index contributed by atoms with van der Waals surface area (Å²) in [4.78, 5) is 38.5. The summed E-state index contributed by atoms with van der Waals surface area (Å²) in [5.41, 5.74) is 4.91. The number of likely N-dealkylation sites (tertiary alicyclic amines) is 1. The Balaban J connectivity index is 0.000000617. The number of likely N-dealkylation sites (N-methyl/N-ethyl adjacent to an activating group) is 1. The summed E-state index contributed by atoms with van der Waals surface area (Å²) >= 11 is 3.53. The van der Waals surface area contributed by atoms with Gasteiger partial charge in [0.05, 0.1) is 10.5 Å². The number of nitrogens with one attached hydrogen (secondary N) is 1. The van der Waals surface area contributed by atoms with Crippen LogP contribution in [0.1, 0.15) is 66.7 Å². The van der Waals surface area contributed by atoms with E-state index in [2.05, 4.69) is 59.1 Å². The fourth-order valence-corrected chi connectivity index (χ4v) is 6.49. The van der Waals surface area contributed by atoms with E-state index in [0.717, 1.165) is 50.9 Å². The number of hydrogen-bond acceptors (Lipinski definition) is 9. The molecule has 1 aromatic heterocycles. The first-order chi connectivity index (χ1) is 21.9. The minimum absolute atomic E-state index is 0.0849. The van der Waals surface area contributed by atoms with E-state index in [1.165, 1.54) is 45.4 Å². The molecule has 46 heavy (non-hydrogen) atoms. The fourth-order valence-electron chi connectivity index (χ4n) is 6.11. The molecule has 2 aromatic rings. The van der Waals surface area contributed by atoms with Crippen LogP contribution in [0.2, 0.25) is 0 Å². The lowest BCUT2D eigenvalue weighted by Gasteiger charge is -2.42. The van der Waals surface area contributed by atoms with Gasteiger partial charge in [-0.2, -0.15) is 23.4 Å². The van der Waals surface area contributed by atoms with Crippen LogP contribution in [0.15, 0.2) is 34.9 Å². The summed E-state index contributed by atoms with van der Waals surface area (Å²) < 4.78 is 32.4. The molecule has 2 aliphatic heterocycles. The van der Waals surface area contributed by atoms with Gasteiger partial charge in [-0.25, -0.2) is 9.78 Å². The molecular weight excluding hydrogens is 669 g/mol. The highest BCUT2D eigenvalue weighted by Crippen LogP contribution is 2.30. The highest BCUT2D eigenvalue weighted by atomic mass is 79.9. The molecule has 250 valence electrons. The molecule has 3 fully saturated rings. The third-order valence-electron chi connectivity index (χ3n) is 8.66. The Labute approximate surface area is 275 Å². The summed E-state index contributed by atoms with van der Waals surface area (Å²) in [5, 5.41) is 18.3. The van der Waals surface area contributed by atoms with Crippen molar-refractivity contribution >= 4 is 33.6 Å². The van der Waals surface area contributed by atoms with E-state index in [1.807, 2.05) is 29.3 Å². The van der Waals surface area contributed by atoms with Gasteiger partial charge in [-0.15, -0.1) is 0 Å². The highest BCUT2D eigenvalue weighted by molar-refractivity contribution is 9.10. The predicted molar refractivity (Wildman–Crippen MR) is 169 cm³/mol. The van der Waals surface area contributed by atoms with Crippen molar-refractivity contribution in [2.45, 2.75) is 69.8 Å². The number of carboxylic acid groups (broad SMARTS) is 1. The van der Waals surface area contributed by atoms with Crippen LogP contribution in [0.3, 0.4) is 0 Å². The third-order valence-corrected chi connectivity index (χ3v) is 9.22. The van der Waals surface area contributed by atoms with Crippen LogP contribution < -0.4 is 10.4 Å². The highest BCUT2D eigenvalue weighted by Gasteiger charge is 2.38. The van der Waals surface area contributed by atoms with Crippen molar-refractivity contribution in [1.82, 2.24) is 30.1 Å². The van der Waals surface area contributed by atoms with Crippen LogP contribution in [0.5, 0.6) is 0 Å². The van der Waals surface area contributed by atoms with Gasteiger partial charge in [0.2, 0.25) is 5.82 Å². The Kier molecular flexibility index (Phi) is 12.7. The summed E-state index contributed by atoms with van der Waals surface area (Å²) in [6, 6.07) is 10.8.